The van der Waals surface area contributed by atoms with Crippen LogP contribution in [0.5, 0.6) is 0 Å². The summed E-state index contributed by atoms with van der Waals surface area (Å²) in [5.41, 5.74) is 8.17. The molecular weight excluding hydrogens is 374 g/mol. The molecule has 136 valence electrons. The van der Waals surface area contributed by atoms with Crippen LogP contribution in [-0.2, 0) is 25.6 Å². The fraction of sp³-hybridized carbons (Fsp3) is 0.556. The zero-order valence-electron chi connectivity index (χ0n) is 14.4. The highest BCUT2D eigenvalue weighted by molar-refractivity contribution is 9.09. The van der Waals surface area contributed by atoms with Crippen LogP contribution in [-0.4, -0.2) is 37.7 Å². The molecule has 1 unspecified atom stereocenters. The topological polar surface area (TPSA) is 62.9 Å². The molecule has 0 aliphatic heterocycles. The van der Waals surface area contributed by atoms with Crippen molar-refractivity contribution in [1.82, 2.24) is 0 Å². The van der Waals surface area contributed by atoms with Crippen LogP contribution in [0, 0.1) is 0 Å². The molecule has 0 spiro atoms. The van der Waals surface area contributed by atoms with Gasteiger partial charge < -0.3 is 24.7 Å². The van der Waals surface area contributed by atoms with E-state index in [2.05, 4.69) is 22.9 Å². The molecule has 2 N–H and O–H groups in total. The van der Waals surface area contributed by atoms with E-state index in [1.807, 2.05) is 37.3 Å². The number of hydrogen-bond acceptors (Lipinski definition) is 5. The number of benzene rings is 1. The summed E-state index contributed by atoms with van der Waals surface area (Å²) in [5.74, 6) is 0. The Hall–Kier alpha value is -0.920. The van der Waals surface area contributed by atoms with Gasteiger partial charge in [0.1, 0.15) is 18.4 Å². The molecule has 0 aliphatic rings. The molecule has 1 aromatic rings. The predicted octanol–water partition coefficient (Wildman–Crippen LogP) is 3.57. The minimum absolute atomic E-state index is 0.0170. The summed E-state index contributed by atoms with van der Waals surface area (Å²) >= 11 is 3.28. The van der Waals surface area contributed by atoms with Crippen LogP contribution in [0.15, 0.2) is 42.2 Å². The standard InChI is InChI=1S/C18H28BrNO4/c1-3-16(10-23-14-24-15(2)19)9-21-12-18(20)13-22-11-17-7-5-4-6-8-17/h4-9,15,18H,3,10-14,20H2,1-2H3/b16-9-/t15?,18-/m0/s1. The highest BCUT2D eigenvalue weighted by Crippen LogP contribution is 2.05. The van der Waals surface area contributed by atoms with Crippen LogP contribution >= 0.6 is 15.9 Å². The fourth-order valence-corrected chi connectivity index (χ4v) is 1.88. The number of ether oxygens (including phenoxy) is 4. The van der Waals surface area contributed by atoms with E-state index in [0.717, 1.165) is 17.6 Å². The Bertz CT molecular complexity index is 454. The molecule has 0 radical (unpaired) electrons. The second-order valence-corrected chi connectivity index (χ2v) is 6.69. The smallest absolute Gasteiger partial charge is 0.148 e. The largest absolute Gasteiger partial charge is 0.499 e. The third kappa shape index (κ3) is 10.8. The number of hydrogen-bond donors (Lipinski definition) is 1. The van der Waals surface area contributed by atoms with Gasteiger partial charge in [0.15, 0.2) is 0 Å². The molecule has 0 heterocycles. The lowest BCUT2D eigenvalue weighted by molar-refractivity contribution is -0.0506. The third-order valence-corrected chi connectivity index (χ3v) is 3.39. The van der Waals surface area contributed by atoms with Crippen molar-refractivity contribution in [2.75, 3.05) is 26.6 Å². The van der Waals surface area contributed by atoms with E-state index in [1.54, 1.807) is 6.26 Å². The lowest BCUT2D eigenvalue weighted by Gasteiger charge is -2.13. The summed E-state index contributed by atoms with van der Waals surface area (Å²) in [6.45, 7) is 6.10. The van der Waals surface area contributed by atoms with Crippen LogP contribution in [0.2, 0.25) is 0 Å². The fourth-order valence-electron chi connectivity index (χ4n) is 1.77. The van der Waals surface area contributed by atoms with Crippen molar-refractivity contribution in [1.29, 1.82) is 0 Å². The zero-order chi connectivity index (χ0) is 17.6. The molecule has 2 atom stereocenters. The number of rotatable bonds is 13. The van der Waals surface area contributed by atoms with Crippen LogP contribution in [0.25, 0.3) is 0 Å². The number of halogens is 1. The van der Waals surface area contributed by atoms with Crippen LogP contribution in [0.3, 0.4) is 0 Å². The van der Waals surface area contributed by atoms with Gasteiger partial charge in [0.05, 0.1) is 32.1 Å². The van der Waals surface area contributed by atoms with Crippen molar-refractivity contribution in [3.63, 3.8) is 0 Å². The van der Waals surface area contributed by atoms with Gasteiger partial charge in [-0.25, -0.2) is 0 Å². The van der Waals surface area contributed by atoms with Crippen molar-refractivity contribution in [3.8, 4) is 0 Å². The summed E-state index contributed by atoms with van der Waals surface area (Å²) in [4.78, 5) is 0. The second-order valence-electron chi connectivity index (χ2n) is 5.40. The van der Waals surface area contributed by atoms with Gasteiger partial charge >= 0.3 is 0 Å². The van der Waals surface area contributed by atoms with Gasteiger partial charge in [-0.1, -0.05) is 53.2 Å². The second kappa shape index (κ2) is 13.4. The summed E-state index contributed by atoms with van der Waals surface area (Å²) < 4.78 is 21.8. The van der Waals surface area contributed by atoms with E-state index in [9.17, 15) is 0 Å². The Morgan fingerprint density at radius 2 is 1.96 bits per heavy atom. The van der Waals surface area contributed by atoms with Gasteiger partial charge in [-0.15, -0.1) is 0 Å². The molecule has 0 bridgehead atoms. The zero-order valence-corrected chi connectivity index (χ0v) is 16.0. The summed E-state index contributed by atoms with van der Waals surface area (Å²) in [5, 5.41) is -0.0170. The third-order valence-electron chi connectivity index (χ3n) is 3.13. The number of alkyl halides is 1. The molecule has 0 saturated heterocycles. The lowest BCUT2D eigenvalue weighted by atomic mass is 10.2. The van der Waals surface area contributed by atoms with Gasteiger partial charge in [-0.3, -0.25) is 0 Å². The number of nitrogens with two attached hydrogens (primary N) is 1. The quantitative estimate of drug-likeness (QED) is 0.237. The predicted molar refractivity (Wildman–Crippen MR) is 98.7 cm³/mol. The average Bonchev–Trinajstić information content (AvgIpc) is 2.57. The minimum atomic E-state index is -0.165. The first kappa shape index (κ1) is 21.1. The van der Waals surface area contributed by atoms with Crippen molar-refractivity contribution in [3.05, 3.63) is 47.7 Å². The Kier molecular flexibility index (Phi) is 11.8. The summed E-state index contributed by atoms with van der Waals surface area (Å²) in [6.07, 6.45) is 2.57. The molecular formula is C18H28BrNO4. The molecule has 1 rings (SSSR count). The summed E-state index contributed by atoms with van der Waals surface area (Å²) in [7, 11) is 0. The van der Waals surface area contributed by atoms with Gasteiger partial charge in [0, 0.05) is 0 Å². The minimum Gasteiger partial charge on any atom is -0.499 e. The summed E-state index contributed by atoms with van der Waals surface area (Å²) in [6, 6.07) is 9.85. The van der Waals surface area contributed by atoms with Crippen molar-refractivity contribution in [2.45, 2.75) is 37.9 Å². The Balaban J connectivity index is 2.13. The monoisotopic (exact) mass is 401 g/mol. The van der Waals surface area contributed by atoms with E-state index in [4.69, 9.17) is 24.7 Å². The van der Waals surface area contributed by atoms with Crippen LogP contribution in [0.1, 0.15) is 25.8 Å². The average molecular weight is 402 g/mol. The van der Waals surface area contributed by atoms with Crippen molar-refractivity contribution in [2.24, 2.45) is 5.73 Å². The first-order valence-corrected chi connectivity index (χ1v) is 9.03. The molecule has 6 heteroatoms. The van der Waals surface area contributed by atoms with Crippen LogP contribution < -0.4 is 5.73 Å². The van der Waals surface area contributed by atoms with E-state index >= 15 is 0 Å². The Morgan fingerprint density at radius 3 is 2.62 bits per heavy atom. The Labute approximate surface area is 153 Å². The van der Waals surface area contributed by atoms with Gasteiger partial charge in [0.2, 0.25) is 0 Å². The van der Waals surface area contributed by atoms with Crippen molar-refractivity contribution < 1.29 is 18.9 Å². The lowest BCUT2D eigenvalue weighted by Crippen LogP contribution is -2.30. The molecule has 0 saturated carbocycles. The molecule has 0 amide bonds. The van der Waals surface area contributed by atoms with Crippen molar-refractivity contribution >= 4 is 15.9 Å². The first-order chi connectivity index (χ1) is 11.6. The van der Waals surface area contributed by atoms with Gasteiger partial charge in [-0.05, 0) is 24.5 Å². The molecule has 0 aliphatic carbocycles. The highest BCUT2D eigenvalue weighted by Gasteiger charge is 2.04. The maximum Gasteiger partial charge on any atom is 0.148 e. The van der Waals surface area contributed by atoms with E-state index < -0.39 is 0 Å². The highest BCUT2D eigenvalue weighted by atomic mass is 79.9. The molecule has 0 fully saturated rings. The molecule has 1 aromatic carbocycles. The maximum absolute atomic E-state index is 5.98. The maximum atomic E-state index is 5.98. The Morgan fingerprint density at radius 1 is 1.21 bits per heavy atom. The molecule has 24 heavy (non-hydrogen) atoms. The van der Waals surface area contributed by atoms with E-state index in [-0.39, 0.29) is 17.8 Å². The first-order valence-electron chi connectivity index (χ1n) is 8.12. The SMILES string of the molecule is CC/C(=C/OC[C@H](N)COCc1ccccc1)COCOC(C)Br. The van der Waals surface area contributed by atoms with Gasteiger partial charge in [-0.2, -0.15) is 0 Å². The van der Waals surface area contributed by atoms with Gasteiger partial charge in [0.25, 0.3) is 0 Å². The van der Waals surface area contributed by atoms with E-state index in [0.29, 0.717) is 26.4 Å². The molecule has 5 nitrogen and oxygen atoms in total. The van der Waals surface area contributed by atoms with E-state index in [1.165, 1.54) is 0 Å². The normalized spacial score (nSPS) is 14.4. The molecule has 0 aromatic heterocycles. The van der Waals surface area contributed by atoms with Crippen LogP contribution in [0.4, 0.5) is 0 Å².